The van der Waals surface area contributed by atoms with Crippen LogP contribution in [0.25, 0.3) is 0 Å². The molecular formula is C29H42N4O6S2. The van der Waals surface area contributed by atoms with Gasteiger partial charge in [0.1, 0.15) is 5.00 Å². The molecule has 1 saturated heterocycles. The van der Waals surface area contributed by atoms with E-state index in [2.05, 4.69) is 24.1 Å². The van der Waals surface area contributed by atoms with Crippen molar-refractivity contribution in [1.82, 2.24) is 14.1 Å². The summed E-state index contributed by atoms with van der Waals surface area (Å²) in [6.07, 6.45) is 3.87. The molecule has 1 aromatic carbocycles. The van der Waals surface area contributed by atoms with E-state index >= 15 is 0 Å². The number of fused-ring (bicyclic) bond motifs is 1. The summed E-state index contributed by atoms with van der Waals surface area (Å²) in [7, 11) is -0.766. The van der Waals surface area contributed by atoms with Crippen molar-refractivity contribution in [1.29, 1.82) is 0 Å². The van der Waals surface area contributed by atoms with Crippen LogP contribution in [-0.2, 0) is 32.5 Å². The Morgan fingerprint density at radius 2 is 1.63 bits per heavy atom. The minimum atomic E-state index is -3.80. The summed E-state index contributed by atoms with van der Waals surface area (Å²) in [6, 6.07) is 6.28. The van der Waals surface area contributed by atoms with E-state index in [4.69, 9.17) is 9.47 Å². The number of hydrogen-bond donors (Lipinski definition) is 1. The lowest BCUT2D eigenvalue weighted by Crippen LogP contribution is -2.38. The molecule has 0 unspecified atom stereocenters. The first-order valence-corrected chi connectivity index (χ1v) is 16.5. The smallest absolute Gasteiger partial charge is 0.257 e. The van der Waals surface area contributed by atoms with Gasteiger partial charge < -0.3 is 19.7 Å². The highest BCUT2D eigenvalue weighted by atomic mass is 32.2. The predicted molar refractivity (Wildman–Crippen MR) is 160 cm³/mol. The summed E-state index contributed by atoms with van der Waals surface area (Å²) < 4.78 is 37.9. The van der Waals surface area contributed by atoms with Gasteiger partial charge in [-0.2, -0.15) is 4.31 Å². The molecule has 0 radical (unpaired) electrons. The molecule has 1 aromatic heterocycles. The van der Waals surface area contributed by atoms with Gasteiger partial charge in [0.2, 0.25) is 10.0 Å². The van der Waals surface area contributed by atoms with Gasteiger partial charge in [-0.1, -0.05) is 0 Å². The van der Waals surface area contributed by atoms with Crippen molar-refractivity contribution in [3.63, 3.8) is 0 Å². The number of rotatable bonds is 12. The minimum absolute atomic E-state index is 0.0100. The van der Waals surface area contributed by atoms with Gasteiger partial charge in [-0.3, -0.25) is 14.5 Å². The van der Waals surface area contributed by atoms with Crippen molar-refractivity contribution >= 4 is 38.2 Å². The van der Waals surface area contributed by atoms with Crippen molar-refractivity contribution in [2.75, 3.05) is 65.5 Å². The number of nitrogens with zero attached hydrogens (tertiary/aromatic N) is 3. The zero-order chi connectivity index (χ0) is 29.6. The Morgan fingerprint density at radius 3 is 2.22 bits per heavy atom. The van der Waals surface area contributed by atoms with E-state index < -0.39 is 10.0 Å². The number of nitrogens with one attached hydrogen (secondary N) is 1. The first-order chi connectivity index (χ1) is 19.7. The van der Waals surface area contributed by atoms with E-state index in [1.54, 1.807) is 0 Å². The van der Waals surface area contributed by atoms with E-state index in [1.807, 2.05) is 4.90 Å². The quantitative estimate of drug-likeness (QED) is 0.393. The lowest BCUT2D eigenvalue weighted by Gasteiger charge is -2.31. The molecule has 41 heavy (non-hydrogen) atoms. The van der Waals surface area contributed by atoms with Crippen LogP contribution in [0.1, 0.15) is 64.3 Å². The second-order valence-electron chi connectivity index (χ2n) is 10.7. The summed E-state index contributed by atoms with van der Waals surface area (Å²) >= 11 is 1.48. The Bertz CT molecular complexity index is 1300. The fourth-order valence-electron chi connectivity index (χ4n) is 5.27. The van der Waals surface area contributed by atoms with Gasteiger partial charge in [0.25, 0.3) is 11.8 Å². The topological polar surface area (TPSA) is 108 Å². The first kappa shape index (κ1) is 31.6. The first-order valence-electron chi connectivity index (χ1n) is 14.2. The number of carbonyl (C=O) groups excluding carboxylic acids is 2. The second-order valence-corrected chi connectivity index (χ2v) is 13.8. The maximum Gasteiger partial charge on any atom is 0.257 e. The molecule has 2 aliphatic rings. The third kappa shape index (κ3) is 7.36. The Kier molecular flexibility index (Phi) is 10.9. The molecule has 226 valence electrons. The fourth-order valence-corrected chi connectivity index (χ4v) is 7.94. The number of benzene rings is 1. The Labute approximate surface area is 247 Å². The van der Waals surface area contributed by atoms with Gasteiger partial charge in [0.15, 0.2) is 0 Å². The highest BCUT2D eigenvalue weighted by molar-refractivity contribution is 7.89. The SMILES string of the molecule is COCCN(CCOC)S(=O)(=O)c1ccc(C(=O)Nc2sc3c(c2C(=O)N2CCCCC2)CCN(C(C)C)C3)cc1. The van der Waals surface area contributed by atoms with Crippen LogP contribution in [0.15, 0.2) is 29.2 Å². The van der Waals surface area contributed by atoms with Crippen molar-refractivity contribution in [3.8, 4) is 0 Å². The number of methoxy groups -OCH3 is 2. The molecule has 0 bridgehead atoms. The second kappa shape index (κ2) is 14.2. The summed E-state index contributed by atoms with van der Waals surface area (Å²) in [5.41, 5.74) is 1.98. The Balaban J connectivity index is 1.57. The largest absolute Gasteiger partial charge is 0.383 e. The Morgan fingerprint density at radius 1 is 1.00 bits per heavy atom. The number of sulfonamides is 1. The molecule has 3 heterocycles. The third-order valence-corrected chi connectivity index (χ3v) is 10.8. The molecule has 2 amide bonds. The van der Waals surface area contributed by atoms with E-state index in [0.29, 0.717) is 22.2 Å². The molecule has 1 N–H and O–H groups in total. The molecule has 0 aliphatic carbocycles. The molecule has 2 aromatic rings. The van der Waals surface area contributed by atoms with E-state index in [0.717, 1.165) is 62.3 Å². The molecule has 12 heteroatoms. The number of piperidine rings is 1. The monoisotopic (exact) mass is 606 g/mol. The normalized spacial score (nSPS) is 16.3. The van der Waals surface area contributed by atoms with Gasteiger partial charge in [-0.15, -0.1) is 11.3 Å². The molecule has 0 spiro atoms. The summed E-state index contributed by atoms with van der Waals surface area (Å²) in [5, 5.41) is 3.58. The molecule has 1 fully saturated rings. The van der Waals surface area contributed by atoms with Gasteiger partial charge in [0.05, 0.1) is 23.7 Å². The van der Waals surface area contributed by atoms with Crippen LogP contribution in [0, 0.1) is 0 Å². The number of ether oxygens (including phenoxy) is 2. The summed E-state index contributed by atoms with van der Waals surface area (Å²) in [5.74, 6) is -0.388. The average molecular weight is 607 g/mol. The molecule has 0 atom stereocenters. The Hall–Kier alpha value is -2.35. The number of hydrogen-bond acceptors (Lipinski definition) is 8. The minimum Gasteiger partial charge on any atom is -0.383 e. The van der Waals surface area contributed by atoms with Crippen molar-refractivity contribution in [2.24, 2.45) is 0 Å². The maximum atomic E-state index is 13.7. The highest BCUT2D eigenvalue weighted by Crippen LogP contribution is 2.39. The summed E-state index contributed by atoms with van der Waals surface area (Å²) in [6.45, 7) is 8.31. The van der Waals surface area contributed by atoms with Gasteiger partial charge in [-0.25, -0.2) is 8.42 Å². The summed E-state index contributed by atoms with van der Waals surface area (Å²) in [4.78, 5) is 32.6. The number of anilines is 1. The van der Waals surface area contributed by atoms with Crippen LogP contribution in [0.2, 0.25) is 0 Å². The van der Waals surface area contributed by atoms with Crippen LogP contribution >= 0.6 is 11.3 Å². The van der Waals surface area contributed by atoms with Crippen LogP contribution in [-0.4, -0.2) is 101 Å². The lowest BCUT2D eigenvalue weighted by molar-refractivity contribution is 0.0723. The van der Waals surface area contributed by atoms with E-state index in [1.165, 1.54) is 54.1 Å². The molecule has 0 saturated carbocycles. The fraction of sp³-hybridized carbons (Fsp3) is 0.586. The van der Waals surface area contributed by atoms with Gasteiger partial charge in [0, 0.05) is 70.0 Å². The molecule has 10 nitrogen and oxygen atoms in total. The van der Waals surface area contributed by atoms with Gasteiger partial charge >= 0.3 is 0 Å². The van der Waals surface area contributed by atoms with Crippen molar-refractivity contribution < 1.29 is 27.5 Å². The van der Waals surface area contributed by atoms with Crippen molar-refractivity contribution in [3.05, 3.63) is 45.8 Å². The van der Waals surface area contributed by atoms with Crippen molar-refractivity contribution in [2.45, 2.75) is 57.0 Å². The van der Waals surface area contributed by atoms with Gasteiger partial charge in [-0.05, 0) is 69.4 Å². The van der Waals surface area contributed by atoms with Crippen LogP contribution < -0.4 is 5.32 Å². The van der Waals surface area contributed by atoms with Crippen LogP contribution in [0.4, 0.5) is 5.00 Å². The number of carbonyl (C=O) groups is 2. The van der Waals surface area contributed by atoms with Crippen LogP contribution in [0.3, 0.4) is 0 Å². The average Bonchev–Trinajstić information content (AvgIpc) is 3.34. The third-order valence-electron chi connectivity index (χ3n) is 7.74. The van der Waals surface area contributed by atoms with E-state index in [9.17, 15) is 18.0 Å². The number of likely N-dealkylation sites (tertiary alicyclic amines) is 1. The number of amides is 2. The predicted octanol–water partition coefficient (Wildman–Crippen LogP) is 3.68. The van der Waals surface area contributed by atoms with Crippen LogP contribution in [0.5, 0.6) is 0 Å². The lowest BCUT2D eigenvalue weighted by atomic mass is 10.00. The zero-order valence-electron chi connectivity index (χ0n) is 24.5. The maximum absolute atomic E-state index is 13.7. The molecular weight excluding hydrogens is 564 g/mol. The number of thiophene rings is 1. The highest BCUT2D eigenvalue weighted by Gasteiger charge is 2.32. The molecule has 2 aliphatic heterocycles. The van der Waals surface area contributed by atoms with E-state index in [-0.39, 0.29) is 43.0 Å². The standard InChI is InChI=1S/C29H42N4O6S2/c1-21(2)32-15-12-24-25(20-32)40-28(26(24)29(35)31-13-6-5-7-14-31)30-27(34)22-8-10-23(11-9-22)41(36,37)33(16-18-38-3)17-19-39-4/h8-11,21H,5-7,12-20H2,1-4H3,(H,30,34). The molecule has 4 rings (SSSR count). The zero-order valence-corrected chi connectivity index (χ0v) is 26.1.